The van der Waals surface area contributed by atoms with Gasteiger partial charge in [-0.2, -0.15) is 0 Å². The van der Waals surface area contributed by atoms with Gasteiger partial charge in [-0.3, -0.25) is 0 Å². The van der Waals surface area contributed by atoms with E-state index in [-0.39, 0.29) is 12.2 Å². The van der Waals surface area contributed by atoms with Crippen molar-refractivity contribution >= 4 is 0 Å². The van der Waals surface area contributed by atoms with Gasteiger partial charge in [0.15, 0.2) is 0 Å². The molecule has 0 spiro atoms. The normalized spacial score (nSPS) is 16.4. The first-order valence-electron chi connectivity index (χ1n) is 3.89. The van der Waals surface area contributed by atoms with E-state index in [9.17, 15) is 0 Å². The van der Waals surface area contributed by atoms with Crippen LogP contribution >= 0.6 is 0 Å². The molecule has 0 saturated heterocycles. The SMILES string of the molecule is CCOC(C)C(COC)OC. The van der Waals surface area contributed by atoms with E-state index in [1.807, 2.05) is 13.8 Å². The number of hydrogen-bond donors (Lipinski definition) is 0. The highest BCUT2D eigenvalue weighted by Gasteiger charge is 2.15. The van der Waals surface area contributed by atoms with Crippen molar-refractivity contribution < 1.29 is 14.2 Å². The molecule has 11 heavy (non-hydrogen) atoms. The fraction of sp³-hybridized carbons (Fsp3) is 1.00. The zero-order valence-corrected chi connectivity index (χ0v) is 7.79. The Morgan fingerprint density at radius 3 is 2.27 bits per heavy atom. The number of rotatable bonds is 6. The van der Waals surface area contributed by atoms with Gasteiger partial charge in [0.1, 0.15) is 6.10 Å². The molecular weight excluding hydrogens is 144 g/mol. The summed E-state index contributed by atoms with van der Waals surface area (Å²) in [5.41, 5.74) is 0. The molecule has 0 rings (SSSR count). The zero-order chi connectivity index (χ0) is 8.69. The lowest BCUT2D eigenvalue weighted by Gasteiger charge is -2.21. The summed E-state index contributed by atoms with van der Waals surface area (Å²) in [5, 5.41) is 0. The van der Waals surface area contributed by atoms with Gasteiger partial charge < -0.3 is 14.2 Å². The van der Waals surface area contributed by atoms with E-state index in [0.29, 0.717) is 13.2 Å². The molecule has 0 amide bonds. The summed E-state index contributed by atoms with van der Waals surface area (Å²) in [4.78, 5) is 0. The van der Waals surface area contributed by atoms with Crippen molar-refractivity contribution in [3.05, 3.63) is 0 Å². The Balaban J connectivity index is 3.61. The minimum absolute atomic E-state index is 0.0416. The lowest BCUT2D eigenvalue weighted by atomic mass is 10.2. The van der Waals surface area contributed by atoms with E-state index in [4.69, 9.17) is 14.2 Å². The summed E-state index contributed by atoms with van der Waals surface area (Å²) < 4.78 is 15.5. The number of hydrogen-bond acceptors (Lipinski definition) is 3. The van der Waals surface area contributed by atoms with Crippen LogP contribution < -0.4 is 0 Å². The fourth-order valence-corrected chi connectivity index (χ4v) is 0.930. The van der Waals surface area contributed by atoms with Crippen molar-refractivity contribution in [2.75, 3.05) is 27.4 Å². The minimum Gasteiger partial charge on any atom is -0.382 e. The smallest absolute Gasteiger partial charge is 0.106 e. The maximum atomic E-state index is 5.34. The molecule has 3 nitrogen and oxygen atoms in total. The lowest BCUT2D eigenvalue weighted by molar-refractivity contribution is -0.0719. The summed E-state index contributed by atoms with van der Waals surface area (Å²) in [5.74, 6) is 0. The van der Waals surface area contributed by atoms with Gasteiger partial charge in [0, 0.05) is 20.8 Å². The van der Waals surface area contributed by atoms with Gasteiger partial charge in [-0.1, -0.05) is 0 Å². The van der Waals surface area contributed by atoms with Gasteiger partial charge >= 0.3 is 0 Å². The van der Waals surface area contributed by atoms with Crippen LogP contribution in [0, 0.1) is 0 Å². The molecule has 0 fully saturated rings. The first-order chi connectivity index (χ1) is 5.26. The van der Waals surface area contributed by atoms with Gasteiger partial charge in [-0.25, -0.2) is 0 Å². The van der Waals surface area contributed by atoms with Crippen molar-refractivity contribution in [1.29, 1.82) is 0 Å². The minimum atomic E-state index is 0.0416. The second-order valence-corrected chi connectivity index (χ2v) is 2.39. The first-order valence-corrected chi connectivity index (χ1v) is 3.89. The zero-order valence-electron chi connectivity index (χ0n) is 7.79. The Morgan fingerprint density at radius 1 is 1.27 bits per heavy atom. The molecule has 2 unspecified atom stereocenters. The van der Waals surface area contributed by atoms with Gasteiger partial charge in [-0.05, 0) is 13.8 Å². The standard InChI is InChI=1S/C8H18O3/c1-5-11-7(2)8(10-4)6-9-3/h7-8H,5-6H2,1-4H3. The molecule has 0 aromatic carbocycles. The van der Waals surface area contributed by atoms with Gasteiger partial charge in [0.2, 0.25) is 0 Å². The summed E-state index contributed by atoms with van der Waals surface area (Å²) in [6.45, 7) is 5.25. The van der Waals surface area contributed by atoms with Gasteiger partial charge in [0.25, 0.3) is 0 Å². The molecule has 0 radical (unpaired) electrons. The van der Waals surface area contributed by atoms with Crippen molar-refractivity contribution in [3.8, 4) is 0 Å². The molecule has 68 valence electrons. The third-order valence-electron chi connectivity index (χ3n) is 1.59. The summed E-state index contributed by atoms with van der Waals surface area (Å²) in [6, 6.07) is 0. The average molecular weight is 162 g/mol. The van der Waals surface area contributed by atoms with Crippen LogP contribution in [-0.4, -0.2) is 39.6 Å². The highest BCUT2D eigenvalue weighted by atomic mass is 16.6. The molecule has 0 bridgehead atoms. The molecule has 0 N–H and O–H groups in total. The predicted molar refractivity (Wildman–Crippen MR) is 43.8 cm³/mol. The highest BCUT2D eigenvalue weighted by Crippen LogP contribution is 2.02. The van der Waals surface area contributed by atoms with Crippen molar-refractivity contribution in [3.63, 3.8) is 0 Å². The van der Waals surface area contributed by atoms with E-state index < -0.39 is 0 Å². The third kappa shape index (κ3) is 4.35. The maximum absolute atomic E-state index is 5.34. The third-order valence-corrected chi connectivity index (χ3v) is 1.59. The molecule has 0 aliphatic carbocycles. The van der Waals surface area contributed by atoms with Crippen LogP contribution in [0.15, 0.2) is 0 Å². The topological polar surface area (TPSA) is 27.7 Å². The number of ether oxygens (including phenoxy) is 3. The van der Waals surface area contributed by atoms with Crippen LogP contribution in [0.2, 0.25) is 0 Å². The molecule has 0 saturated carbocycles. The average Bonchev–Trinajstić information content (AvgIpc) is 2.00. The summed E-state index contributed by atoms with van der Waals surface area (Å²) >= 11 is 0. The van der Waals surface area contributed by atoms with Crippen LogP contribution in [-0.2, 0) is 14.2 Å². The van der Waals surface area contributed by atoms with Crippen LogP contribution in [0.25, 0.3) is 0 Å². The van der Waals surface area contributed by atoms with Crippen LogP contribution in [0.4, 0.5) is 0 Å². The second kappa shape index (κ2) is 6.58. The van der Waals surface area contributed by atoms with Crippen LogP contribution in [0.1, 0.15) is 13.8 Å². The molecule has 0 heterocycles. The molecule has 0 aromatic rings. The van der Waals surface area contributed by atoms with E-state index in [1.165, 1.54) is 0 Å². The molecule has 0 aromatic heterocycles. The predicted octanol–water partition coefficient (Wildman–Crippen LogP) is 1.07. The first kappa shape index (κ1) is 10.9. The summed E-state index contributed by atoms with van der Waals surface area (Å²) in [6.07, 6.45) is 0.143. The summed E-state index contributed by atoms with van der Waals surface area (Å²) in [7, 11) is 3.32. The quantitative estimate of drug-likeness (QED) is 0.584. The van der Waals surface area contributed by atoms with Crippen molar-refractivity contribution in [1.82, 2.24) is 0 Å². The Labute approximate surface area is 68.6 Å². The second-order valence-electron chi connectivity index (χ2n) is 2.39. The van der Waals surface area contributed by atoms with Crippen molar-refractivity contribution in [2.24, 2.45) is 0 Å². The Morgan fingerprint density at radius 2 is 1.91 bits per heavy atom. The van der Waals surface area contributed by atoms with E-state index in [2.05, 4.69) is 0 Å². The highest BCUT2D eigenvalue weighted by molar-refractivity contribution is 4.64. The fourth-order valence-electron chi connectivity index (χ4n) is 0.930. The van der Waals surface area contributed by atoms with E-state index >= 15 is 0 Å². The van der Waals surface area contributed by atoms with Gasteiger partial charge in [0.05, 0.1) is 12.7 Å². The lowest BCUT2D eigenvalue weighted by Crippen LogP contribution is -2.32. The monoisotopic (exact) mass is 162 g/mol. The number of methoxy groups -OCH3 is 2. The Hall–Kier alpha value is -0.120. The van der Waals surface area contributed by atoms with Crippen LogP contribution in [0.3, 0.4) is 0 Å². The van der Waals surface area contributed by atoms with Crippen LogP contribution in [0.5, 0.6) is 0 Å². The largest absolute Gasteiger partial charge is 0.382 e. The van der Waals surface area contributed by atoms with E-state index in [0.717, 1.165) is 0 Å². The Kier molecular flexibility index (Phi) is 6.51. The van der Waals surface area contributed by atoms with E-state index in [1.54, 1.807) is 14.2 Å². The maximum Gasteiger partial charge on any atom is 0.106 e. The molecular formula is C8H18O3. The molecule has 2 atom stereocenters. The molecule has 0 aliphatic rings. The van der Waals surface area contributed by atoms with Crippen molar-refractivity contribution in [2.45, 2.75) is 26.1 Å². The Bertz CT molecular complexity index is 85.4. The molecule has 0 aliphatic heterocycles. The molecule has 3 heteroatoms. The van der Waals surface area contributed by atoms with Gasteiger partial charge in [-0.15, -0.1) is 0 Å².